The van der Waals surface area contributed by atoms with Crippen LogP contribution in [0.3, 0.4) is 0 Å². The molecule has 0 saturated carbocycles. The van der Waals surface area contributed by atoms with Crippen LogP contribution in [0.15, 0.2) is 35.9 Å². The molecule has 1 aromatic rings. The lowest BCUT2D eigenvalue weighted by Crippen LogP contribution is -2.26. The molecule has 0 fully saturated rings. The molecule has 0 amide bonds. The van der Waals surface area contributed by atoms with Crippen molar-refractivity contribution >= 4 is 5.78 Å². The van der Waals surface area contributed by atoms with Crippen molar-refractivity contribution in [1.29, 1.82) is 0 Å². The Kier molecular flexibility index (Phi) is 2.39. The maximum absolute atomic E-state index is 12.3. The molecule has 0 saturated heterocycles. The molecule has 0 bridgehead atoms. The minimum Gasteiger partial charge on any atom is -0.294 e. The molecule has 2 aliphatic rings. The molecule has 1 aromatic carbocycles. The van der Waals surface area contributed by atoms with Crippen LogP contribution in [-0.4, -0.2) is 5.78 Å². The monoisotopic (exact) mass is 212 g/mol. The van der Waals surface area contributed by atoms with Crippen LogP contribution in [0.4, 0.5) is 0 Å². The van der Waals surface area contributed by atoms with Gasteiger partial charge in [-0.1, -0.05) is 30.3 Å². The Labute approximate surface area is 96.2 Å². The highest BCUT2D eigenvalue weighted by atomic mass is 16.1. The first-order valence-electron chi connectivity index (χ1n) is 6.17. The van der Waals surface area contributed by atoms with E-state index in [-0.39, 0.29) is 5.92 Å². The third kappa shape index (κ3) is 1.51. The SMILES string of the molecule is O=C(C1=CCCCC1)C1Cc2ccccc21. The average Bonchev–Trinajstić information content (AvgIpc) is 2.32. The fourth-order valence-electron chi connectivity index (χ4n) is 2.78. The van der Waals surface area contributed by atoms with Crippen LogP contribution in [-0.2, 0) is 11.2 Å². The minimum absolute atomic E-state index is 0.167. The highest BCUT2D eigenvalue weighted by molar-refractivity contribution is 6.02. The Morgan fingerprint density at radius 3 is 2.81 bits per heavy atom. The summed E-state index contributed by atoms with van der Waals surface area (Å²) in [5, 5.41) is 0. The van der Waals surface area contributed by atoms with Crippen LogP contribution in [0.5, 0.6) is 0 Å². The van der Waals surface area contributed by atoms with Crippen molar-refractivity contribution in [2.24, 2.45) is 0 Å². The van der Waals surface area contributed by atoms with Gasteiger partial charge in [0.15, 0.2) is 5.78 Å². The Morgan fingerprint density at radius 1 is 1.19 bits per heavy atom. The zero-order valence-electron chi connectivity index (χ0n) is 9.41. The van der Waals surface area contributed by atoms with Crippen LogP contribution in [0.1, 0.15) is 42.7 Å². The molecular formula is C15H16O. The molecule has 3 rings (SSSR count). The molecule has 0 aromatic heterocycles. The van der Waals surface area contributed by atoms with Gasteiger partial charge in [0, 0.05) is 0 Å². The minimum atomic E-state index is 0.167. The number of hydrogen-bond donors (Lipinski definition) is 0. The summed E-state index contributed by atoms with van der Waals surface area (Å²) in [5.41, 5.74) is 3.71. The van der Waals surface area contributed by atoms with Gasteiger partial charge >= 0.3 is 0 Å². The first-order valence-corrected chi connectivity index (χ1v) is 6.17. The van der Waals surface area contributed by atoms with E-state index in [9.17, 15) is 4.79 Å². The molecule has 2 aliphatic carbocycles. The normalized spacial score (nSPS) is 23.0. The van der Waals surface area contributed by atoms with Gasteiger partial charge in [-0.25, -0.2) is 0 Å². The standard InChI is InChI=1S/C15H16O/c16-15(11-6-2-1-3-7-11)14-10-12-8-4-5-9-13(12)14/h4-6,8-9,14H,1-3,7,10H2. The summed E-state index contributed by atoms with van der Waals surface area (Å²) >= 11 is 0. The topological polar surface area (TPSA) is 17.1 Å². The van der Waals surface area contributed by atoms with Gasteiger partial charge in [0.05, 0.1) is 5.92 Å². The lowest BCUT2D eigenvalue weighted by atomic mass is 9.72. The summed E-state index contributed by atoms with van der Waals surface area (Å²) < 4.78 is 0. The zero-order chi connectivity index (χ0) is 11.0. The van der Waals surface area contributed by atoms with E-state index >= 15 is 0 Å². The summed E-state index contributed by atoms with van der Waals surface area (Å²) in [4.78, 5) is 12.3. The number of Topliss-reactive ketones (excluding diaryl/α,β-unsaturated/α-hetero) is 1. The number of ketones is 1. The van der Waals surface area contributed by atoms with Gasteiger partial charge in [0.25, 0.3) is 0 Å². The highest BCUT2D eigenvalue weighted by Gasteiger charge is 2.33. The van der Waals surface area contributed by atoms with Crippen molar-refractivity contribution in [3.8, 4) is 0 Å². The molecule has 0 radical (unpaired) electrons. The Bertz CT molecular complexity index is 456. The summed E-state index contributed by atoms with van der Waals surface area (Å²) in [7, 11) is 0. The number of rotatable bonds is 2. The lowest BCUT2D eigenvalue weighted by Gasteiger charge is -2.30. The number of allylic oxidation sites excluding steroid dienone is 2. The molecule has 1 nitrogen and oxygen atoms in total. The first-order chi connectivity index (χ1) is 7.86. The number of carbonyl (C=O) groups excluding carboxylic acids is 1. The van der Waals surface area contributed by atoms with Crippen LogP contribution >= 0.6 is 0 Å². The summed E-state index contributed by atoms with van der Waals surface area (Å²) in [6, 6.07) is 8.33. The van der Waals surface area contributed by atoms with E-state index in [2.05, 4.69) is 24.3 Å². The van der Waals surface area contributed by atoms with Crippen molar-refractivity contribution in [1.82, 2.24) is 0 Å². The smallest absolute Gasteiger partial charge is 0.166 e. The van der Waals surface area contributed by atoms with Gasteiger partial charge in [0.2, 0.25) is 0 Å². The maximum atomic E-state index is 12.3. The number of fused-ring (bicyclic) bond motifs is 1. The van der Waals surface area contributed by atoms with E-state index in [1.165, 1.54) is 24.0 Å². The summed E-state index contributed by atoms with van der Waals surface area (Å²) in [5.74, 6) is 0.555. The van der Waals surface area contributed by atoms with Crippen LogP contribution in [0.2, 0.25) is 0 Å². The second kappa shape index (κ2) is 3.89. The van der Waals surface area contributed by atoms with E-state index < -0.39 is 0 Å². The molecule has 1 unspecified atom stereocenters. The Morgan fingerprint density at radius 2 is 2.06 bits per heavy atom. The first kappa shape index (κ1) is 9.83. The maximum Gasteiger partial charge on any atom is 0.166 e. The molecule has 0 aliphatic heterocycles. The van der Waals surface area contributed by atoms with E-state index in [0.29, 0.717) is 5.78 Å². The molecule has 82 valence electrons. The third-order valence-electron chi connectivity index (χ3n) is 3.78. The quantitative estimate of drug-likeness (QED) is 0.734. The average molecular weight is 212 g/mol. The number of carbonyl (C=O) groups is 1. The lowest BCUT2D eigenvalue weighted by molar-refractivity contribution is -0.117. The van der Waals surface area contributed by atoms with Crippen LogP contribution < -0.4 is 0 Å². The Hall–Kier alpha value is -1.37. The third-order valence-corrected chi connectivity index (χ3v) is 3.78. The van der Waals surface area contributed by atoms with Gasteiger partial charge in [-0.15, -0.1) is 0 Å². The summed E-state index contributed by atoms with van der Waals surface area (Å²) in [6.45, 7) is 0. The summed E-state index contributed by atoms with van der Waals surface area (Å²) in [6.07, 6.45) is 7.63. The fraction of sp³-hybridized carbons (Fsp3) is 0.400. The van der Waals surface area contributed by atoms with Gasteiger partial charge in [-0.2, -0.15) is 0 Å². The van der Waals surface area contributed by atoms with Crippen molar-refractivity contribution in [2.45, 2.75) is 38.0 Å². The molecular weight excluding hydrogens is 196 g/mol. The van der Waals surface area contributed by atoms with E-state index in [1.807, 2.05) is 6.07 Å². The molecule has 0 spiro atoms. The van der Waals surface area contributed by atoms with Crippen molar-refractivity contribution < 1.29 is 4.79 Å². The molecule has 1 atom stereocenters. The van der Waals surface area contributed by atoms with Crippen molar-refractivity contribution in [2.75, 3.05) is 0 Å². The second-order valence-corrected chi connectivity index (χ2v) is 4.79. The highest BCUT2D eigenvalue weighted by Crippen LogP contribution is 2.38. The van der Waals surface area contributed by atoms with E-state index in [4.69, 9.17) is 0 Å². The van der Waals surface area contributed by atoms with Gasteiger partial charge in [-0.3, -0.25) is 4.79 Å². The van der Waals surface area contributed by atoms with Crippen LogP contribution in [0, 0.1) is 0 Å². The van der Waals surface area contributed by atoms with E-state index in [0.717, 1.165) is 24.8 Å². The van der Waals surface area contributed by atoms with Crippen LogP contribution in [0.25, 0.3) is 0 Å². The zero-order valence-corrected chi connectivity index (χ0v) is 9.41. The number of benzene rings is 1. The van der Waals surface area contributed by atoms with Gasteiger partial charge < -0.3 is 0 Å². The van der Waals surface area contributed by atoms with Gasteiger partial charge in [-0.05, 0) is 48.8 Å². The molecule has 1 heteroatoms. The molecule has 16 heavy (non-hydrogen) atoms. The van der Waals surface area contributed by atoms with Crippen molar-refractivity contribution in [3.05, 3.63) is 47.0 Å². The fourth-order valence-corrected chi connectivity index (χ4v) is 2.78. The molecule has 0 N–H and O–H groups in total. The number of hydrogen-bond acceptors (Lipinski definition) is 1. The van der Waals surface area contributed by atoms with Crippen molar-refractivity contribution in [3.63, 3.8) is 0 Å². The largest absolute Gasteiger partial charge is 0.294 e. The second-order valence-electron chi connectivity index (χ2n) is 4.79. The predicted octanol–water partition coefficient (Wildman–Crippen LogP) is 3.40. The predicted molar refractivity (Wildman–Crippen MR) is 64.4 cm³/mol. The molecule has 0 heterocycles. The Balaban J connectivity index is 1.81. The van der Waals surface area contributed by atoms with Gasteiger partial charge in [0.1, 0.15) is 0 Å². The van der Waals surface area contributed by atoms with E-state index in [1.54, 1.807) is 0 Å².